The Hall–Kier alpha value is -4.17. The lowest BCUT2D eigenvalue weighted by Crippen LogP contribution is -2.49. The lowest BCUT2D eigenvalue weighted by atomic mass is 10.1. The SMILES string of the molecule is COC(=O)/C=C/COc1ccccc1C(N1CCN(c2ccccc2)CC1)n1nc2ccccc2n1. The molecule has 8 nitrogen and oxygen atoms in total. The van der Waals surface area contributed by atoms with Crippen molar-refractivity contribution in [1.82, 2.24) is 19.9 Å². The Labute approximate surface area is 210 Å². The highest BCUT2D eigenvalue weighted by Gasteiger charge is 2.30. The first-order chi connectivity index (χ1) is 17.7. The third-order valence-electron chi connectivity index (χ3n) is 6.29. The Morgan fingerprint density at radius 2 is 1.53 bits per heavy atom. The Bertz CT molecular complexity index is 1300. The summed E-state index contributed by atoms with van der Waals surface area (Å²) in [6, 6.07) is 26.3. The van der Waals surface area contributed by atoms with E-state index >= 15 is 0 Å². The zero-order chi connectivity index (χ0) is 24.7. The van der Waals surface area contributed by atoms with E-state index in [2.05, 4.69) is 44.9 Å². The van der Waals surface area contributed by atoms with Crippen LogP contribution in [-0.4, -0.2) is 65.8 Å². The first-order valence-electron chi connectivity index (χ1n) is 12.0. The molecule has 36 heavy (non-hydrogen) atoms. The number of hydrogen-bond acceptors (Lipinski definition) is 7. The Kier molecular flexibility index (Phi) is 7.23. The zero-order valence-electron chi connectivity index (χ0n) is 20.2. The van der Waals surface area contributed by atoms with Crippen molar-refractivity contribution in [1.29, 1.82) is 0 Å². The van der Waals surface area contributed by atoms with Crippen LogP contribution in [0.2, 0.25) is 0 Å². The molecule has 1 atom stereocenters. The molecule has 1 fully saturated rings. The molecule has 0 aliphatic carbocycles. The molecule has 0 amide bonds. The highest BCUT2D eigenvalue weighted by Crippen LogP contribution is 2.32. The largest absolute Gasteiger partial charge is 0.489 e. The Morgan fingerprint density at radius 1 is 0.889 bits per heavy atom. The van der Waals surface area contributed by atoms with Gasteiger partial charge in [0, 0.05) is 43.5 Å². The molecule has 0 saturated carbocycles. The second-order valence-corrected chi connectivity index (χ2v) is 8.52. The van der Waals surface area contributed by atoms with Gasteiger partial charge >= 0.3 is 5.97 Å². The third kappa shape index (κ3) is 5.23. The smallest absolute Gasteiger partial charge is 0.330 e. The minimum absolute atomic E-state index is 0.240. The van der Waals surface area contributed by atoms with Gasteiger partial charge < -0.3 is 14.4 Å². The van der Waals surface area contributed by atoms with Crippen LogP contribution in [0.15, 0.2) is 91.0 Å². The van der Waals surface area contributed by atoms with Gasteiger partial charge in [-0.1, -0.05) is 48.5 Å². The number of hydrogen-bond donors (Lipinski definition) is 0. The first-order valence-corrected chi connectivity index (χ1v) is 12.0. The van der Waals surface area contributed by atoms with Crippen molar-refractivity contribution in [2.45, 2.75) is 6.17 Å². The van der Waals surface area contributed by atoms with Gasteiger partial charge in [0.15, 0.2) is 6.17 Å². The maximum Gasteiger partial charge on any atom is 0.330 e. The van der Waals surface area contributed by atoms with Crippen molar-refractivity contribution in [3.63, 3.8) is 0 Å². The summed E-state index contributed by atoms with van der Waals surface area (Å²) >= 11 is 0. The van der Waals surface area contributed by atoms with E-state index in [9.17, 15) is 4.79 Å². The van der Waals surface area contributed by atoms with Crippen LogP contribution in [0.5, 0.6) is 5.75 Å². The maximum atomic E-state index is 11.4. The van der Waals surface area contributed by atoms with Crippen molar-refractivity contribution >= 4 is 22.7 Å². The number of esters is 1. The predicted octanol–water partition coefficient (Wildman–Crippen LogP) is 3.91. The minimum atomic E-state index is -0.409. The number of aromatic nitrogens is 3. The Balaban J connectivity index is 1.44. The fourth-order valence-electron chi connectivity index (χ4n) is 4.49. The molecule has 0 radical (unpaired) electrons. The van der Waals surface area contributed by atoms with Crippen molar-refractivity contribution in [3.05, 3.63) is 96.6 Å². The van der Waals surface area contributed by atoms with Crippen LogP contribution >= 0.6 is 0 Å². The van der Waals surface area contributed by atoms with Gasteiger partial charge in [0.1, 0.15) is 23.4 Å². The molecule has 184 valence electrons. The number of fused-ring (bicyclic) bond motifs is 1. The number of para-hydroxylation sites is 2. The number of benzene rings is 3. The van der Waals surface area contributed by atoms with Gasteiger partial charge in [0.25, 0.3) is 0 Å². The number of piperazine rings is 1. The molecule has 1 aromatic heterocycles. The Morgan fingerprint density at radius 3 is 2.22 bits per heavy atom. The number of nitrogens with zero attached hydrogens (tertiary/aromatic N) is 5. The van der Waals surface area contributed by atoms with Crippen LogP contribution in [0, 0.1) is 0 Å². The second-order valence-electron chi connectivity index (χ2n) is 8.52. The standard InChI is InChI=1S/C28H29N5O3/c1-35-27(34)16-9-21-36-26-15-8-5-12-23(26)28(33-29-24-13-6-7-14-25(24)30-33)32-19-17-31(18-20-32)22-10-3-2-4-11-22/h2-16,28H,17-21H2,1H3/b16-9+. The molecular weight excluding hydrogens is 454 g/mol. The fraction of sp³-hybridized carbons (Fsp3) is 0.250. The van der Waals surface area contributed by atoms with Gasteiger partial charge in [0.05, 0.1) is 7.11 Å². The van der Waals surface area contributed by atoms with E-state index in [4.69, 9.17) is 14.9 Å². The van der Waals surface area contributed by atoms with E-state index in [1.54, 1.807) is 10.9 Å². The topological polar surface area (TPSA) is 72.7 Å². The monoisotopic (exact) mass is 483 g/mol. The van der Waals surface area contributed by atoms with Gasteiger partial charge in [0.2, 0.25) is 0 Å². The molecule has 5 rings (SSSR count). The van der Waals surface area contributed by atoms with E-state index < -0.39 is 5.97 Å². The van der Waals surface area contributed by atoms with E-state index in [1.807, 2.05) is 48.5 Å². The minimum Gasteiger partial charge on any atom is -0.489 e. The molecule has 3 aromatic carbocycles. The summed E-state index contributed by atoms with van der Waals surface area (Å²) in [6.07, 6.45) is 2.78. The molecule has 1 aliphatic rings. The summed E-state index contributed by atoms with van der Waals surface area (Å²) in [4.78, 5) is 18.0. The van der Waals surface area contributed by atoms with Gasteiger partial charge in [-0.25, -0.2) is 4.79 Å². The van der Waals surface area contributed by atoms with Gasteiger partial charge in [-0.05, 0) is 36.4 Å². The summed E-state index contributed by atoms with van der Waals surface area (Å²) in [6.45, 7) is 3.72. The number of anilines is 1. The molecule has 0 spiro atoms. The first kappa shape index (κ1) is 23.6. The van der Waals surface area contributed by atoms with Crippen LogP contribution < -0.4 is 9.64 Å². The lowest BCUT2D eigenvalue weighted by Gasteiger charge is -2.40. The fourth-order valence-corrected chi connectivity index (χ4v) is 4.49. The molecule has 0 N–H and O–H groups in total. The molecule has 1 aliphatic heterocycles. The van der Waals surface area contributed by atoms with Crippen LogP contribution in [-0.2, 0) is 9.53 Å². The summed E-state index contributed by atoms with van der Waals surface area (Å²) in [5.74, 6) is 0.317. The number of carbonyl (C=O) groups is 1. The maximum absolute atomic E-state index is 11.4. The number of carbonyl (C=O) groups excluding carboxylic acids is 1. The van der Waals surface area contributed by atoms with Crippen molar-refractivity contribution in [2.24, 2.45) is 0 Å². The highest BCUT2D eigenvalue weighted by atomic mass is 16.5. The van der Waals surface area contributed by atoms with Crippen LogP contribution in [0.25, 0.3) is 11.0 Å². The number of ether oxygens (including phenoxy) is 2. The summed E-state index contributed by atoms with van der Waals surface area (Å²) in [7, 11) is 1.35. The molecule has 8 heteroatoms. The molecule has 4 aromatic rings. The molecule has 1 unspecified atom stereocenters. The number of rotatable bonds is 8. The van der Waals surface area contributed by atoms with Crippen molar-refractivity contribution in [3.8, 4) is 5.75 Å². The van der Waals surface area contributed by atoms with Crippen molar-refractivity contribution in [2.75, 3.05) is 44.8 Å². The van der Waals surface area contributed by atoms with E-state index in [0.717, 1.165) is 48.5 Å². The number of methoxy groups -OCH3 is 1. The third-order valence-corrected chi connectivity index (χ3v) is 6.29. The van der Waals surface area contributed by atoms with Gasteiger partial charge in [-0.2, -0.15) is 15.0 Å². The molecule has 0 bridgehead atoms. The quantitative estimate of drug-likeness (QED) is 0.278. The van der Waals surface area contributed by atoms with Crippen LogP contribution in [0.1, 0.15) is 11.7 Å². The van der Waals surface area contributed by atoms with Crippen LogP contribution in [0.3, 0.4) is 0 Å². The predicted molar refractivity (Wildman–Crippen MR) is 139 cm³/mol. The van der Waals surface area contributed by atoms with E-state index in [-0.39, 0.29) is 12.8 Å². The summed E-state index contributed by atoms with van der Waals surface area (Å²) in [5.41, 5.74) is 3.91. The average molecular weight is 484 g/mol. The lowest BCUT2D eigenvalue weighted by molar-refractivity contribution is -0.134. The second kappa shape index (κ2) is 11.0. The molecular formula is C28H29N5O3. The zero-order valence-corrected chi connectivity index (χ0v) is 20.2. The van der Waals surface area contributed by atoms with E-state index in [1.165, 1.54) is 18.9 Å². The van der Waals surface area contributed by atoms with E-state index in [0.29, 0.717) is 0 Å². The van der Waals surface area contributed by atoms with Crippen LogP contribution in [0.4, 0.5) is 5.69 Å². The normalized spacial score (nSPS) is 15.3. The highest BCUT2D eigenvalue weighted by molar-refractivity contribution is 5.81. The van der Waals surface area contributed by atoms with Gasteiger partial charge in [-0.3, -0.25) is 4.90 Å². The summed E-state index contributed by atoms with van der Waals surface area (Å²) < 4.78 is 10.7. The van der Waals surface area contributed by atoms with Gasteiger partial charge in [-0.15, -0.1) is 0 Å². The van der Waals surface area contributed by atoms with Crippen molar-refractivity contribution < 1.29 is 14.3 Å². The average Bonchev–Trinajstić information content (AvgIpc) is 3.36. The molecule has 2 heterocycles. The summed E-state index contributed by atoms with van der Waals surface area (Å²) in [5, 5.41) is 9.67. The molecule has 1 saturated heterocycles.